The maximum atomic E-state index is 13.0. The number of nitrogens with one attached hydrogen (secondary N) is 1. The molecule has 0 aliphatic rings. The third-order valence-electron chi connectivity index (χ3n) is 3.33. The van der Waals surface area contributed by atoms with Gasteiger partial charge >= 0.3 is 5.97 Å². The number of hydrogen-bond donors (Lipinski definition) is 2. The van der Waals surface area contributed by atoms with Crippen molar-refractivity contribution in [2.24, 2.45) is 0 Å². The van der Waals surface area contributed by atoms with E-state index >= 15 is 0 Å². The van der Waals surface area contributed by atoms with E-state index in [1.807, 2.05) is 0 Å². The molecule has 3 N–H and O–H groups in total. The summed E-state index contributed by atoms with van der Waals surface area (Å²) in [5.74, 6) is -0.971. The first-order valence-electron chi connectivity index (χ1n) is 8.05. The molecule has 0 bridgehead atoms. The van der Waals surface area contributed by atoms with Gasteiger partial charge in [-0.15, -0.1) is 0 Å². The number of hydrogen-bond acceptors (Lipinski definition) is 8. The van der Waals surface area contributed by atoms with Crippen LogP contribution in [0.3, 0.4) is 0 Å². The van der Waals surface area contributed by atoms with Gasteiger partial charge in [0.25, 0.3) is 0 Å². The zero-order valence-electron chi connectivity index (χ0n) is 14.4. The number of ether oxygens (including phenoxy) is 2. The van der Waals surface area contributed by atoms with E-state index in [9.17, 15) is 13.6 Å². The minimum atomic E-state index is -0.670. The number of anilines is 3. The molecule has 0 fully saturated rings. The van der Waals surface area contributed by atoms with Gasteiger partial charge in [0.1, 0.15) is 17.4 Å². The van der Waals surface area contributed by atoms with Crippen LogP contribution in [0.1, 0.15) is 5.82 Å². The number of carbonyl (C=O) groups is 1. The summed E-state index contributed by atoms with van der Waals surface area (Å²) in [7, 11) is 0. The molecule has 0 radical (unpaired) electrons. The van der Waals surface area contributed by atoms with Gasteiger partial charge in [0.05, 0.1) is 0 Å². The minimum Gasteiger partial charge on any atom is -0.482 e. The molecule has 0 aliphatic heterocycles. The van der Waals surface area contributed by atoms with Gasteiger partial charge in [-0.25, -0.2) is 13.6 Å². The number of benzene rings is 2. The number of rotatable bonds is 7. The molecule has 0 aliphatic carbocycles. The van der Waals surface area contributed by atoms with E-state index in [2.05, 4.69) is 20.3 Å². The van der Waals surface area contributed by atoms with E-state index in [0.29, 0.717) is 11.4 Å². The average molecular weight is 387 g/mol. The lowest BCUT2D eigenvalue weighted by atomic mass is 10.3. The molecule has 0 unspecified atom stereocenters. The number of aromatic nitrogens is 3. The molecule has 10 heteroatoms. The van der Waals surface area contributed by atoms with Gasteiger partial charge < -0.3 is 20.5 Å². The van der Waals surface area contributed by atoms with Crippen LogP contribution < -0.4 is 15.8 Å². The molecule has 0 atom stereocenters. The van der Waals surface area contributed by atoms with E-state index < -0.39 is 11.8 Å². The van der Waals surface area contributed by atoms with Crippen molar-refractivity contribution in [3.8, 4) is 5.75 Å². The maximum Gasteiger partial charge on any atom is 0.344 e. The summed E-state index contributed by atoms with van der Waals surface area (Å²) in [5.41, 5.74) is 6.18. The lowest BCUT2D eigenvalue weighted by Crippen LogP contribution is -2.16. The van der Waals surface area contributed by atoms with Gasteiger partial charge in [-0.2, -0.15) is 15.0 Å². The Balaban J connectivity index is 1.54. The van der Waals surface area contributed by atoms with Gasteiger partial charge in [0.2, 0.25) is 11.9 Å². The van der Waals surface area contributed by atoms with Crippen molar-refractivity contribution in [2.75, 3.05) is 17.7 Å². The van der Waals surface area contributed by atoms with Crippen LogP contribution in [-0.4, -0.2) is 27.5 Å². The number of halogens is 2. The van der Waals surface area contributed by atoms with E-state index in [1.54, 1.807) is 0 Å². The second-order valence-corrected chi connectivity index (χ2v) is 5.47. The van der Waals surface area contributed by atoms with E-state index in [0.717, 1.165) is 0 Å². The Morgan fingerprint density at radius 2 is 1.61 bits per heavy atom. The van der Waals surface area contributed by atoms with Crippen molar-refractivity contribution in [1.29, 1.82) is 0 Å². The summed E-state index contributed by atoms with van der Waals surface area (Å²) in [4.78, 5) is 23.7. The summed E-state index contributed by atoms with van der Waals surface area (Å²) in [6, 6.07) is 10.8. The zero-order valence-corrected chi connectivity index (χ0v) is 14.4. The van der Waals surface area contributed by atoms with Gasteiger partial charge in [-0.1, -0.05) is 0 Å². The molecule has 1 heterocycles. The SMILES string of the molecule is Nc1nc(COC(=O)COc2ccc(F)cc2)nc(Nc2ccc(F)cc2)n1. The van der Waals surface area contributed by atoms with Crippen LogP contribution in [0.5, 0.6) is 5.75 Å². The lowest BCUT2D eigenvalue weighted by Gasteiger charge is -2.09. The van der Waals surface area contributed by atoms with Crippen LogP contribution in [0.2, 0.25) is 0 Å². The van der Waals surface area contributed by atoms with Crippen LogP contribution in [-0.2, 0) is 16.1 Å². The first kappa shape index (κ1) is 19.0. The monoisotopic (exact) mass is 387 g/mol. The van der Waals surface area contributed by atoms with Crippen molar-refractivity contribution in [1.82, 2.24) is 15.0 Å². The molecule has 144 valence electrons. The molecule has 3 rings (SSSR count). The number of nitrogen functional groups attached to an aromatic ring is 1. The Labute approximate surface area is 158 Å². The Kier molecular flexibility index (Phi) is 5.90. The molecular formula is C18H15F2N5O3. The van der Waals surface area contributed by atoms with Gasteiger partial charge in [-0.3, -0.25) is 0 Å². The van der Waals surface area contributed by atoms with Gasteiger partial charge in [0, 0.05) is 5.69 Å². The van der Waals surface area contributed by atoms with E-state index in [-0.39, 0.29) is 36.8 Å². The number of carbonyl (C=O) groups excluding carboxylic acids is 1. The van der Waals surface area contributed by atoms with Gasteiger partial charge in [0.15, 0.2) is 19.0 Å². The molecule has 2 aromatic carbocycles. The Bertz CT molecular complexity index is 952. The third kappa shape index (κ3) is 5.59. The number of nitrogens with two attached hydrogens (primary N) is 1. The predicted molar refractivity (Wildman–Crippen MR) is 95.6 cm³/mol. The minimum absolute atomic E-state index is 0.0757. The summed E-state index contributed by atoms with van der Waals surface area (Å²) >= 11 is 0. The molecule has 8 nitrogen and oxygen atoms in total. The second-order valence-electron chi connectivity index (χ2n) is 5.47. The molecule has 0 spiro atoms. The average Bonchev–Trinajstić information content (AvgIpc) is 2.67. The summed E-state index contributed by atoms with van der Waals surface area (Å²) in [6.45, 7) is -0.622. The van der Waals surface area contributed by atoms with Crippen LogP contribution in [0.15, 0.2) is 48.5 Å². The standard InChI is InChI=1S/C18H15F2N5O3/c19-11-1-5-13(6-2-11)22-18-24-15(23-17(21)25-18)9-28-16(26)10-27-14-7-3-12(20)4-8-14/h1-8H,9-10H2,(H3,21,22,23,24,25). The Morgan fingerprint density at radius 3 is 2.29 bits per heavy atom. The fourth-order valence-electron chi connectivity index (χ4n) is 2.08. The maximum absolute atomic E-state index is 13.0. The summed E-state index contributed by atoms with van der Waals surface area (Å²) in [5, 5.41) is 2.85. The van der Waals surface area contributed by atoms with Crippen molar-refractivity contribution in [3.05, 3.63) is 66.0 Å². The topological polar surface area (TPSA) is 112 Å². The van der Waals surface area contributed by atoms with Crippen LogP contribution in [0, 0.1) is 11.6 Å². The fraction of sp³-hybridized carbons (Fsp3) is 0.111. The first-order valence-corrected chi connectivity index (χ1v) is 8.05. The zero-order chi connectivity index (χ0) is 19.9. The van der Waals surface area contributed by atoms with Crippen LogP contribution in [0.4, 0.5) is 26.4 Å². The van der Waals surface area contributed by atoms with Crippen LogP contribution in [0.25, 0.3) is 0 Å². The Morgan fingerprint density at radius 1 is 0.964 bits per heavy atom. The van der Waals surface area contributed by atoms with E-state index in [1.165, 1.54) is 48.5 Å². The highest BCUT2D eigenvalue weighted by molar-refractivity contribution is 5.71. The quantitative estimate of drug-likeness (QED) is 0.595. The first-order chi connectivity index (χ1) is 13.5. The van der Waals surface area contributed by atoms with Crippen molar-refractivity contribution >= 4 is 23.6 Å². The highest BCUT2D eigenvalue weighted by Gasteiger charge is 2.10. The third-order valence-corrected chi connectivity index (χ3v) is 3.33. The molecule has 28 heavy (non-hydrogen) atoms. The fourth-order valence-corrected chi connectivity index (χ4v) is 2.08. The molecule has 0 saturated heterocycles. The molecular weight excluding hydrogens is 372 g/mol. The number of esters is 1. The van der Waals surface area contributed by atoms with Crippen molar-refractivity contribution in [2.45, 2.75) is 6.61 Å². The molecule has 0 saturated carbocycles. The smallest absolute Gasteiger partial charge is 0.344 e. The second kappa shape index (κ2) is 8.71. The summed E-state index contributed by atoms with van der Waals surface area (Å²) < 4.78 is 36.0. The summed E-state index contributed by atoms with van der Waals surface area (Å²) in [6.07, 6.45) is 0. The Hall–Kier alpha value is -3.82. The molecule has 1 aromatic heterocycles. The van der Waals surface area contributed by atoms with E-state index in [4.69, 9.17) is 15.2 Å². The predicted octanol–water partition coefficient (Wildman–Crippen LogP) is 2.60. The normalized spacial score (nSPS) is 10.4. The lowest BCUT2D eigenvalue weighted by molar-refractivity contribution is -0.147. The van der Waals surface area contributed by atoms with Crippen LogP contribution >= 0.6 is 0 Å². The van der Waals surface area contributed by atoms with Crippen molar-refractivity contribution in [3.63, 3.8) is 0 Å². The highest BCUT2D eigenvalue weighted by atomic mass is 19.1. The van der Waals surface area contributed by atoms with Gasteiger partial charge in [-0.05, 0) is 48.5 Å². The molecule has 0 amide bonds. The number of nitrogens with zero attached hydrogens (tertiary/aromatic N) is 3. The molecule has 3 aromatic rings. The highest BCUT2D eigenvalue weighted by Crippen LogP contribution is 2.14. The largest absolute Gasteiger partial charge is 0.482 e. The van der Waals surface area contributed by atoms with Crippen molar-refractivity contribution < 1.29 is 23.0 Å².